The average Bonchev–Trinajstić information content (AvgIpc) is 2.03. The zero-order valence-corrected chi connectivity index (χ0v) is 7.91. The number of aromatic nitrogens is 1. The summed E-state index contributed by atoms with van der Waals surface area (Å²) in [5.74, 6) is 0.0767. The van der Waals surface area contributed by atoms with E-state index in [-0.39, 0.29) is 11.2 Å². The number of rotatable bonds is 3. The number of hydrogen-bond donors (Lipinski definition) is 0. The van der Waals surface area contributed by atoms with Crippen LogP contribution in [0.3, 0.4) is 0 Å². The smallest absolute Gasteiger partial charge is 0.181 e. The van der Waals surface area contributed by atoms with Gasteiger partial charge in [-0.1, -0.05) is 0 Å². The zero-order chi connectivity index (χ0) is 9.84. The van der Waals surface area contributed by atoms with E-state index >= 15 is 0 Å². The van der Waals surface area contributed by atoms with Crippen LogP contribution in [0.15, 0.2) is 23.1 Å². The van der Waals surface area contributed by atoms with Crippen LogP contribution in [0, 0.1) is 0 Å². The topological polar surface area (TPSA) is 39.1 Å². The van der Waals surface area contributed by atoms with E-state index in [9.17, 15) is 9.59 Å². The number of nitrogens with zero attached hydrogens (tertiary/aromatic N) is 1. The normalized spacial score (nSPS) is 10.0. The number of carbonyl (C=O) groups is 1. The Morgan fingerprint density at radius 2 is 2.23 bits per heavy atom. The Morgan fingerprint density at radius 1 is 1.54 bits per heavy atom. The van der Waals surface area contributed by atoms with Gasteiger partial charge in [0.05, 0.1) is 0 Å². The Labute approximate surface area is 77.0 Å². The van der Waals surface area contributed by atoms with Crippen LogP contribution in [0.4, 0.5) is 0 Å². The number of ketones is 1. The van der Waals surface area contributed by atoms with Gasteiger partial charge < -0.3 is 4.57 Å². The van der Waals surface area contributed by atoms with Crippen molar-refractivity contribution < 1.29 is 4.79 Å². The van der Waals surface area contributed by atoms with Gasteiger partial charge in [0.2, 0.25) is 0 Å². The first-order valence-electron chi connectivity index (χ1n) is 4.32. The lowest BCUT2D eigenvalue weighted by Gasteiger charge is -2.08. The lowest BCUT2D eigenvalue weighted by atomic mass is 10.2. The minimum Gasteiger partial charge on any atom is -0.351 e. The van der Waals surface area contributed by atoms with E-state index in [1.165, 1.54) is 19.1 Å². The second kappa shape index (κ2) is 4.03. The molecule has 1 aromatic rings. The summed E-state index contributed by atoms with van der Waals surface area (Å²) in [5.41, 5.74) is 0.753. The van der Waals surface area contributed by atoms with Crippen molar-refractivity contribution in [1.29, 1.82) is 0 Å². The molecule has 0 amide bonds. The van der Waals surface area contributed by atoms with Gasteiger partial charge in [0.25, 0.3) is 0 Å². The second-order valence-corrected chi connectivity index (χ2v) is 3.02. The molecule has 0 fully saturated rings. The van der Waals surface area contributed by atoms with Crippen LogP contribution >= 0.6 is 0 Å². The molecule has 0 N–H and O–H groups in total. The molecule has 3 heteroatoms. The molecule has 0 saturated heterocycles. The number of hydrogen-bond acceptors (Lipinski definition) is 2. The molecule has 0 unspecified atom stereocenters. The Morgan fingerprint density at radius 3 is 2.77 bits per heavy atom. The largest absolute Gasteiger partial charge is 0.351 e. The summed E-state index contributed by atoms with van der Waals surface area (Å²) in [4.78, 5) is 21.9. The molecule has 70 valence electrons. The van der Waals surface area contributed by atoms with Gasteiger partial charge in [-0.15, -0.1) is 0 Å². The van der Waals surface area contributed by atoms with Crippen molar-refractivity contribution >= 4 is 5.78 Å². The summed E-state index contributed by atoms with van der Waals surface area (Å²) in [7, 11) is 0. The van der Waals surface area contributed by atoms with Crippen LogP contribution in [0.2, 0.25) is 0 Å². The predicted molar refractivity (Wildman–Crippen MR) is 50.8 cm³/mol. The van der Waals surface area contributed by atoms with Crippen molar-refractivity contribution in [3.05, 3.63) is 34.2 Å². The summed E-state index contributed by atoms with van der Waals surface area (Å²) in [6, 6.07) is 3.03. The van der Waals surface area contributed by atoms with Gasteiger partial charge in [-0.2, -0.15) is 0 Å². The third-order valence-electron chi connectivity index (χ3n) is 1.87. The van der Waals surface area contributed by atoms with E-state index in [1.807, 2.05) is 11.5 Å². The lowest BCUT2D eigenvalue weighted by Crippen LogP contribution is -2.13. The van der Waals surface area contributed by atoms with E-state index in [4.69, 9.17) is 0 Å². The van der Waals surface area contributed by atoms with Crippen molar-refractivity contribution in [2.75, 3.05) is 0 Å². The minimum absolute atomic E-state index is 0.0408. The van der Waals surface area contributed by atoms with Gasteiger partial charge in [0.15, 0.2) is 5.43 Å². The molecule has 0 aromatic carbocycles. The fraction of sp³-hybridized carbons (Fsp3) is 0.400. The molecule has 1 rings (SSSR count). The zero-order valence-electron chi connectivity index (χ0n) is 7.91. The molecule has 0 bridgehead atoms. The molecule has 3 nitrogen and oxygen atoms in total. The Bertz CT molecular complexity index is 365. The van der Waals surface area contributed by atoms with E-state index in [2.05, 4.69) is 0 Å². The summed E-state index contributed by atoms with van der Waals surface area (Å²) >= 11 is 0. The Balaban J connectivity index is 3.08. The minimum atomic E-state index is -0.0408. The van der Waals surface area contributed by atoms with Gasteiger partial charge in [0.1, 0.15) is 5.78 Å². The highest BCUT2D eigenvalue weighted by Crippen LogP contribution is 1.98. The highest BCUT2D eigenvalue weighted by atomic mass is 16.1. The van der Waals surface area contributed by atoms with Crippen LogP contribution in [-0.4, -0.2) is 10.4 Å². The maximum atomic E-state index is 11.0. The Hall–Kier alpha value is -1.38. The van der Waals surface area contributed by atoms with Gasteiger partial charge in [-0.05, 0) is 13.8 Å². The SMILES string of the molecule is CCn1ccc(=O)cc1CC(C)=O. The molecule has 1 heterocycles. The molecule has 1 aromatic heterocycles. The third kappa shape index (κ3) is 2.54. The molecule has 0 saturated carbocycles. The van der Waals surface area contributed by atoms with Gasteiger partial charge >= 0.3 is 0 Å². The van der Waals surface area contributed by atoms with Gasteiger partial charge in [-0.3, -0.25) is 9.59 Å². The maximum absolute atomic E-state index is 11.0. The van der Waals surface area contributed by atoms with Crippen LogP contribution in [-0.2, 0) is 17.8 Å². The third-order valence-corrected chi connectivity index (χ3v) is 1.87. The second-order valence-electron chi connectivity index (χ2n) is 3.02. The summed E-state index contributed by atoms with van der Waals surface area (Å²) in [6.45, 7) is 4.29. The van der Waals surface area contributed by atoms with Crippen molar-refractivity contribution in [3.63, 3.8) is 0 Å². The first-order chi connectivity index (χ1) is 6.13. The quantitative estimate of drug-likeness (QED) is 0.694. The molecule has 13 heavy (non-hydrogen) atoms. The predicted octanol–water partition coefficient (Wildman–Crippen LogP) is 1.000. The fourth-order valence-corrected chi connectivity index (χ4v) is 1.27. The molecule has 0 atom stereocenters. The number of Topliss-reactive ketones (excluding diaryl/α,β-unsaturated/α-hetero) is 1. The molecular weight excluding hydrogens is 166 g/mol. The first-order valence-corrected chi connectivity index (χ1v) is 4.32. The van der Waals surface area contributed by atoms with E-state index < -0.39 is 0 Å². The van der Waals surface area contributed by atoms with Crippen molar-refractivity contribution in [2.45, 2.75) is 26.8 Å². The highest BCUT2D eigenvalue weighted by molar-refractivity contribution is 5.77. The van der Waals surface area contributed by atoms with Crippen molar-refractivity contribution in [2.24, 2.45) is 0 Å². The van der Waals surface area contributed by atoms with Crippen molar-refractivity contribution in [3.8, 4) is 0 Å². The molecule has 0 aliphatic heterocycles. The van der Waals surface area contributed by atoms with E-state index in [0.29, 0.717) is 6.42 Å². The highest BCUT2D eigenvalue weighted by Gasteiger charge is 2.02. The van der Waals surface area contributed by atoms with E-state index in [1.54, 1.807) is 6.20 Å². The first kappa shape index (κ1) is 9.71. The maximum Gasteiger partial charge on any atom is 0.181 e. The standard InChI is InChI=1S/C10H13NO2/c1-3-11-5-4-10(13)7-9(11)6-8(2)12/h4-5,7H,3,6H2,1-2H3. The van der Waals surface area contributed by atoms with Gasteiger partial charge in [0, 0.05) is 37.0 Å². The molecule has 0 spiro atoms. The molecule has 0 radical (unpaired) electrons. The summed E-state index contributed by atoms with van der Waals surface area (Å²) < 4.78 is 1.91. The molecule has 0 aliphatic rings. The van der Waals surface area contributed by atoms with Crippen LogP contribution in [0.5, 0.6) is 0 Å². The van der Waals surface area contributed by atoms with Crippen LogP contribution in [0.25, 0.3) is 0 Å². The monoisotopic (exact) mass is 179 g/mol. The van der Waals surface area contributed by atoms with Crippen LogP contribution < -0.4 is 5.43 Å². The summed E-state index contributed by atoms with van der Waals surface area (Å²) in [5, 5.41) is 0. The lowest BCUT2D eigenvalue weighted by molar-refractivity contribution is -0.116. The molecule has 0 aliphatic carbocycles. The summed E-state index contributed by atoms with van der Waals surface area (Å²) in [6.07, 6.45) is 2.06. The number of carbonyl (C=O) groups excluding carboxylic acids is 1. The number of pyridine rings is 1. The number of aryl methyl sites for hydroxylation is 1. The Kier molecular flexibility index (Phi) is 3.01. The molecular formula is C10H13NO2. The van der Waals surface area contributed by atoms with Gasteiger partial charge in [-0.25, -0.2) is 0 Å². The van der Waals surface area contributed by atoms with Crippen molar-refractivity contribution in [1.82, 2.24) is 4.57 Å². The van der Waals surface area contributed by atoms with E-state index in [0.717, 1.165) is 12.2 Å². The van der Waals surface area contributed by atoms with Crippen LogP contribution in [0.1, 0.15) is 19.5 Å². The fourth-order valence-electron chi connectivity index (χ4n) is 1.27. The average molecular weight is 179 g/mol.